The van der Waals surface area contributed by atoms with Crippen molar-refractivity contribution in [2.75, 3.05) is 0 Å². The Balaban J connectivity index is 0.000000421. The lowest BCUT2D eigenvalue weighted by atomic mass is 10.1. The van der Waals surface area contributed by atoms with Crippen molar-refractivity contribution >= 4 is 12.2 Å². The minimum atomic E-state index is -1.33. The number of carboxylic acid groups (broad SMARTS) is 2. The Bertz CT molecular complexity index is 472. The molecule has 6 heteroatoms. The summed E-state index contributed by atoms with van der Waals surface area (Å²) in [6, 6.07) is 21.1. The molecular weight excluding hydrogens is 272 g/mol. The smallest absolute Gasteiger partial charge is 0.402 e. The Morgan fingerprint density at radius 1 is 0.714 bits per heavy atom. The summed E-state index contributed by atoms with van der Waals surface area (Å²) in [6.07, 6.45) is -1.64. The number of hydrogen-bond acceptors (Lipinski definition) is 2. The Hall–Kier alpha value is -3.02. The van der Waals surface area contributed by atoms with Gasteiger partial charge in [0.15, 0.2) is 0 Å². The third kappa shape index (κ3) is 13.2. The van der Waals surface area contributed by atoms with Gasteiger partial charge in [-0.25, -0.2) is 9.59 Å². The first-order chi connectivity index (χ1) is 9.91. The van der Waals surface area contributed by atoms with Crippen molar-refractivity contribution < 1.29 is 19.8 Å². The Labute approximate surface area is 122 Å². The molecule has 0 aromatic heterocycles. The van der Waals surface area contributed by atoms with Crippen LogP contribution in [0.2, 0.25) is 0 Å². The standard InChI is InChI=1S/C13H12.2CH3NO2/c1-3-7-12(8-4-1)11-13-9-5-2-6-10-13;2*2-1(3)4/h1-10H,11H2;2*2H2,(H,3,4). The van der Waals surface area contributed by atoms with Crippen molar-refractivity contribution in [3.8, 4) is 0 Å². The summed E-state index contributed by atoms with van der Waals surface area (Å²) >= 11 is 0. The molecule has 0 atom stereocenters. The third-order valence-corrected chi connectivity index (χ3v) is 2.09. The van der Waals surface area contributed by atoms with E-state index >= 15 is 0 Å². The summed E-state index contributed by atoms with van der Waals surface area (Å²) in [4.78, 5) is 17.6. The van der Waals surface area contributed by atoms with E-state index in [0.717, 1.165) is 6.42 Å². The van der Waals surface area contributed by atoms with Crippen LogP contribution in [0.3, 0.4) is 0 Å². The monoisotopic (exact) mass is 290 g/mol. The molecule has 0 fully saturated rings. The molecule has 6 N–H and O–H groups in total. The van der Waals surface area contributed by atoms with Crippen LogP contribution < -0.4 is 11.5 Å². The molecule has 21 heavy (non-hydrogen) atoms. The molecule has 6 nitrogen and oxygen atoms in total. The molecule has 0 heterocycles. The molecule has 112 valence electrons. The van der Waals surface area contributed by atoms with Gasteiger partial charge in [0, 0.05) is 0 Å². The molecule has 0 aliphatic heterocycles. The summed E-state index contributed by atoms with van der Waals surface area (Å²) in [5.41, 5.74) is 10.8. The van der Waals surface area contributed by atoms with Gasteiger partial charge in [-0.2, -0.15) is 0 Å². The highest BCUT2D eigenvalue weighted by Gasteiger charge is 1.92. The lowest BCUT2D eigenvalue weighted by Gasteiger charge is -2.00. The van der Waals surface area contributed by atoms with Crippen LogP contribution in [0.1, 0.15) is 11.1 Å². The molecule has 2 aromatic carbocycles. The molecule has 2 rings (SSSR count). The highest BCUT2D eigenvalue weighted by Crippen LogP contribution is 2.07. The van der Waals surface area contributed by atoms with Crippen LogP contribution in [0.4, 0.5) is 9.59 Å². The molecule has 0 spiro atoms. The number of rotatable bonds is 2. The Morgan fingerprint density at radius 2 is 0.952 bits per heavy atom. The van der Waals surface area contributed by atoms with Crippen LogP contribution in [-0.2, 0) is 6.42 Å². The molecule has 0 saturated carbocycles. The maximum Gasteiger partial charge on any atom is 0.402 e. The average molecular weight is 290 g/mol. The van der Waals surface area contributed by atoms with Crippen LogP contribution in [0, 0.1) is 0 Å². The largest absolute Gasteiger partial charge is 0.465 e. The second kappa shape index (κ2) is 10.9. The van der Waals surface area contributed by atoms with Gasteiger partial charge in [0.1, 0.15) is 0 Å². The molecule has 2 amide bonds. The first-order valence-electron chi connectivity index (χ1n) is 5.96. The number of primary amides is 2. The number of amides is 2. The summed E-state index contributed by atoms with van der Waals surface area (Å²) in [7, 11) is 0. The summed E-state index contributed by atoms with van der Waals surface area (Å²) in [5.74, 6) is 0. The topological polar surface area (TPSA) is 127 Å². The van der Waals surface area contributed by atoms with Crippen molar-refractivity contribution in [3.05, 3.63) is 71.8 Å². The summed E-state index contributed by atoms with van der Waals surface area (Å²) in [6.45, 7) is 0. The second-order valence-corrected chi connectivity index (χ2v) is 3.82. The van der Waals surface area contributed by atoms with Crippen molar-refractivity contribution in [1.29, 1.82) is 0 Å². The van der Waals surface area contributed by atoms with Gasteiger partial charge in [-0.1, -0.05) is 60.7 Å². The van der Waals surface area contributed by atoms with E-state index in [1.54, 1.807) is 0 Å². The van der Waals surface area contributed by atoms with Crippen molar-refractivity contribution in [1.82, 2.24) is 0 Å². The zero-order valence-electron chi connectivity index (χ0n) is 11.3. The average Bonchev–Trinajstić information content (AvgIpc) is 2.40. The van der Waals surface area contributed by atoms with E-state index < -0.39 is 12.2 Å². The van der Waals surface area contributed by atoms with Crippen LogP contribution in [-0.4, -0.2) is 22.4 Å². The maximum absolute atomic E-state index is 8.78. The van der Waals surface area contributed by atoms with E-state index in [1.807, 2.05) is 0 Å². The number of nitrogens with two attached hydrogens (primary N) is 2. The number of carbonyl (C=O) groups is 2. The van der Waals surface area contributed by atoms with E-state index in [4.69, 9.17) is 19.8 Å². The molecule has 0 saturated heterocycles. The highest BCUT2D eigenvalue weighted by molar-refractivity contribution is 5.61. The first kappa shape index (κ1) is 18.0. The Kier molecular flexibility index (Phi) is 9.30. The maximum atomic E-state index is 8.78. The van der Waals surface area contributed by atoms with Gasteiger partial charge in [-0.05, 0) is 17.5 Å². The van der Waals surface area contributed by atoms with Crippen molar-refractivity contribution in [2.24, 2.45) is 11.5 Å². The molecule has 0 aliphatic carbocycles. The zero-order chi connectivity index (χ0) is 16.1. The lowest BCUT2D eigenvalue weighted by Crippen LogP contribution is -2.03. The van der Waals surface area contributed by atoms with E-state index in [9.17, 15) is 0 Å². The fraction of sp³-hybridized carbons (Fsp3) is 0.0667. The van der Waals surface area contributed by atoms with Crippen LogP contribution in [0.5, 0.6) is 0 Å². The van der Waals surface area contributed by atoms with E-state index in [1.165, 1.54) is 11.1 Å². The Morgan fingerprint density at radius 3 is 1.19 bits per heavy atom. The van der Waals surface area contributed by atoms with E-state index in [0.29, 0.717) is 0 Å². The van der Waals surface area contributed by atoms with Gasteiger partial charge >= 0.3 is 12.2 Å². The van der Waals surface area contributed by atoms with Gasteiger partial charge in [0.2, 0.25) is 0 Å². The molecular formula is C15H18N2O4. The highest BCUT2D eigenvalue weighted by atomic mass is 16.4. The minimum Gasteiger partial charge on any atom is -0.465 e. The third-order valence-electron chi connectivity index (χ3n) is 2.09. The quantitative estimate of drug-likeness (QED) is 0.677. The predicted octanol–water partition coefficient (Wildman–Crippen LogP) is 2.52. The van der Waals surface area contributed by atoms with E-state index in [-0.39, 0.29) is 0 Å². The predicted molar refractivity (Wildman–Crippen MR) is 80.1 cm³/mol. The van der Waals surface area contributed by atoms with Gasteiger partial charge in [-0.15, -0.1) is 0 Å². The minimum absolute atomic E-state index is 1.03. The van der Waals surface area contributed by atoms with Gasteiger partial charge < -0.3 is 21.7 Å². The van der Waals surface area contributed by atoms with Gasteiger partial charge in [0.25, 0.3) is 0 Å². The summed E-state index contributed by atoms with van der Waals surface area (Å²) in [5, 5.41) is 14.4. The van der Waals surface area contributed by atoms with E-state index in [2.05, 4.69) is 72.1 Å². The second-order valence-electron chi connectivity index (χ2n) is 3.82. The van der Waals surface area contributed by atoms with Gasteiger partial charge in [0.05, 0.1) is 0 Å². The normalized spacial score (nSPS) is 8.38. The van der Waals surface area contributed by atoms with Crippen molar-refractivity contribution in [3.63, 3.8) is 0 Å². The number of hydrogen-bond donors (Lipinski definition) is 4. The van der Waals surface area contributed by atoms with Crippen LogP contribution >= 0.6 is 0 Å². The lowest BCUT2D eigenvalue weighted by molar-refractivity contribution is 0.204. The van der Waals surface area contributed by atoms with Crippen molar-refractivity contribution in [2.45, 2.75) is 6.42 Å². The fourth-order valence-electron chi connectivity index (χ4n) is 1.43. The van der Waals surface area contributed by atoms with Crippen LogP contribution in [0.25, 0.3) is 0 Å². The molecule has 0 bridgehead atoms. The zero-order valence-corrected chi connectivity index (χ0v) is 11.3. The SMILES string of the molecule is NC(=O)O.NC(=O)O.c1ccc(Cc2ccccc2)cc1. The van der Waals surface area contributed by atoms with Crippen LogP contribution in [0.15, 0.2) is 60.7 Å². The first-order valence-corrected chi connectivity index (χ1v) is 5.96. The van der Waals surface area contributed by atoms with Gasteiger partial charge in [-0.3, -0.25) is 0 Å². The molecule has 0 radical (unpaired) electrons. The molecule has 2 aromatic rings. The summed E-state index contributed by atoms with van der Waals surface area (Å²) < 4.78 is 0. The molecule has 0 unspecified atom stereocenters. The number of benzene rings is 2. The fourth-order valence-corrected chi connectivity index (χ4v) is 1.43. The molecule has 0 aliphatic rings.